The maximum atomic E-state index is 13.7. The van der Waals surface area contributed by atoms with Crippen molar-refractivity contribution in [2.24, 2.45) is 0 Å². The molecule has 0 aliphatic rings. The van der Waals surface area contributed by atoms with Crippen molar-refractivity contribution >= 4 is 51.9 Å². The number of nitrogens with one attached hydrogen (secondary N) is 2. The van der Waals surface area contributed by atoms with Crippen LogP contribution < -0.4 is 15.4 Å². The third-order valence-electron chi connectivity index (χ3n) is 6.80. The van der Waals surface area contributed by atoms with E-state index in [0.29, 0.717) is 66.6 Å². The third-order valence-corrected chi connectivity index (χ3v) is 7.08. The summed E-state index contributed by atoms with van der Waals surface area (Å²) in [7, 11) is 3.84. The van der Waals surface area contributed by atoms with Gasteiger partial charge in [0.2, 0.25) is 5.91 Å². The summed E-state index contributed by atoms with van der Waals surface area (Å²) < 4.78 is 31.2. The molecule has 1 aromatic heterocycles. The molecule has 0 unspecified atom stereocenters. The van der Waals surface area contributed by atoms with Gasteiger partial charge in [-0.05, 0) is 76.9 Å². The predicted molar refractivity (Wildman–Crippen MR) is 181 cm³/mol. The van der Waals surface area contributed by atoms with E-state index in [1.54, 1.807) is 24.3 Å². The Kier molecular flexibility index (Phi) is 17.0. The molecular weight excluding hydrogens is 613 g/mol. The van der Waals surface area contributed by atoms with Gasteiger partial charge in [0.05, 0.1) is 22.8 Å². The van der Waals surface area contributed by atoms with Gasteiger partial charge in [-0.3, -0.25) is 4.79 Å². The van der Waals surface area contributed by atoms with E-state index in [2.05, 4.69) is 20.6 Å². The van der Waals surface area contributed by atoms with Crippen molar-refractivity contribution in [3.63, 3.8) is 0 Å². The van der Waals surface area contributed by atoms with Gasteiger partial charge in [0.1, 0.15) is 30.0 Å². The lowest BCUT2D eigenvalue weighted by Crippen LogP contribution is -2.13. The predicted octanol–water partition coefficient (Wildman–Crippen LogP) is 6.95. The van der Waals surface area contributed by atoms with E-state index in [9.17, 15) is 14.0 Å². The van der Waals surface area contributed by atoms with Crippen LogP contribution in [0.4, 0.5) is 21.6 Å². The standard InChI is InChI=1S/C34H45ClFN5O5/c1-41(2)15-11-12-33(43)40-31-23-27-30(37-25-38-34(27)39-26-13-14-29(36)28(35)22-26)24-32(31)46-21-10-9-20-45-19-8-7-18-44-17-6-4-3-5-16-42/h11-14,16,22-25H,3-10,15,17-21H2,1-2H3,(H,40,43)(H,37,38,39)/b12-11+. The molecule has 3 rings (SSSR count). The highest BCUT2D eigenvalue weighted by molar-refractivity contribution is 6.31. The molecule has 0 saturated heterocycles. The SMILES string of the molecule is CN(C)C/C=C/C(=O)Nc1cc2c(Nc3ccc(F)c(Cl)c3)ncnc2cc1OCCCCOCCCCOCCCCCC=O. The minimum absolute atomic E-state index is 0.0119. The molecular formula is C34H45ClFN5O5. The number of hydrogen-bond donors (Lipinski definition) is 2. The molecule has 250 valence electrons. The van der Waals surface area contributed by atoms with E-state index < -0.39 is 5.82 Å². The fraction of sp³-hybridized carbons (Fsp3) is 0.471. The van der Waals surface area contributed by atoms with Gasteiger partial charge in [-0.2, -0.15) is 0 Å². The molecule has 0 bridgehead atoms. The number of likely N-dealkylation sites (N-methyl/N-ethyl adjacent to an activating group) is 1. The first-order valence-corrected chi connectivity index (χ1v) is 16.1. The molecule has 0 radical (unpaired) electrons. The second-order valence-electron chi connectivity index (χ2n) is 11.0. The van der Waals surface area contributed by atoms with Gasteiger partial charge < -0.3 is 34.5 Å². The molecule has 0 aliphatic heterocycles. The Balaban J connectivity index is 1.52. The number of carbonyl (C=O) groups is 2. The number of anilines is 3. The summed E-state index contributed by atoms with van der Waals surface area (Å²) in [5.74, 6) is 0.141. The maximum Gasteiger partial charge on any atom is 0.248 e. The van der Waals surface area contributed by atoms with Crippen molar-refractivity contribution in [2.75, 3.05) is 64.3 Å². The number of benzene rings is 2. The first-order chi connectivity index (χ1) is 22.4. The number of fused-ring (bicyclic) bond motifs is 1. The number of carbonyl (C=O) groups excluding carboxylic acids is 2. The van der Waals surface area contributed by atoms with E-state index in [1.165, 1.54) is 24.5 Å². The van der Waals surface area contributed by atoms with Crippen LogP contribution in [0.25, 0.3) is 10.9 Å². The zero-order chi connectivity index (χ0) is 33.0. The second-order valence-corrected chi connectivity index (χ2v) is 11.4. The smallest absolute Gasteiger partial charge is 0.248 e. The van der Waals surface area contributed by atoms with Gasteiger partial charge in [-0.1, -0.05) is 24.1 Å². The maximum absolute atomic E-state index is 13.7. The molecule has 0 atom stereocenters. The molecule has 1 amide bonds. The lowest BCUT2D eigenvalue weighted by Gasteiger charge is -2.15. The van der Waals surface area contributed by atoms with Crippen molar-refractivity contribution in [1.29, 1.82) is 0 Å². The summed E-state index contributed by atoms with van der Waals surface area (Å²) in [6.07, 6.45) is 12.7. The minimum atomic E-state index is -0.517. The topological polar surface area (TPSA) is 115 Å². The highest BCUT2D eigenvalue weighted by Gasteiger charge is 2.14. The number of ether oxygens (including phenoxy) is 3. The molecule has 0 aliphatic carbocycles. The number of nitrogens with zero attached hydrogens (tertiary/aromatic N) is 3. The molecule has 0 saturated carbocycles. The molecule has 0 spiro atoms. The summed E-state index contributed by atoms with van der Waals surface area (Å²) in [6, 6.07) is 7.84. The van der Waals surface area contributed by atoms with Gasteiger partial charge >= 0.3 is 0 Å². The fourth-order valence-electron chi connectivity index (χ4n) is 4.37. The van der Waals surface area contributed by atoms with Crippen LogP contribution in [0.2, 0.25) is 5.02 Å². The van der Waals surface area contributed by atoms with E-state index in [0.717, 1.165) is 64.4 Å². The molecule has 3 aromatic rings. The average molecular weight is 658 g/mol. The summed E-state index contributed by atoms with van der Waals surface area (Å²) >= 11 is 5.96. The second kappa shape index (κ2) is 21.2. The van der Waals surface area contributed by atoms with E-state index in [-0.39, 0.29) is 10.9 Å². The monoisotopic (exact) mass is 657 g/mol. The highest BCUT2D eigenvalue weighted by Crippen LogP contribution is 2.34. The largest absolute Gasteiger partial charge is 0.491 e. The molecule has 46 heavy (non-hydrogen) atoms. The third kappa shape index (κ3) is 13.8. The van der Waals surface area contributed by atoms with Crippen LogP contribution in [-0.2, 0) is 19.1 Å². The Bertz CT molecular complexity index is 1410. The number of unbranched alkanes of at least 4 members (excludes halogenated alkanes) is 5. The first kappa shape index (κ1) is 36.8. The van der Waals surface area contributed by atoms with E-state index >= 15 is 0 Å². The van der Waals surface area contributed by atoms with Gasteiger partial charge in [-0.15, -0.1) is 0 Å². The van der Waals surface area contributed by atoms with Crippen molar-refractivity contribution in [2.45, 2.75) is 51.4 Å². The number of aldehydes is 1. The Hall–Kier alpha value is -3.64. The summed E-state index contributed by atoms with van der Waals surface area (Å²) in [5.41, 5.74) is 1.63. The van der Waals surface area contributed by atoms with Gasteiger partial charge in [-0.25, -0.2) is 14.4 Å². The Morgan fingerprint density at radius 3 is 2.30 bits per heavy atom. The fourth-order valence-corrected chi connectivity index (χ4v) is 4.55. The normalized spacial score (nSPS) is 11.4. The number of hydrogen-bond acceptors (Lipinski definition) is 9. The molecule has 2 aromatic carbocycles. The van der Waals surface area contributed by atoms with Crippen molar-refractivity contribution < 1.29 is 28.2 Å². The lowest BCUT2D eigenvalue weighted by atomic mass is 10.1. The lowest BCUT2D eigenvalue weighted by molar-refractivity contribution is -0.112. The molecule has 0 fully saturated rings. The summed E-state index contributed by atoms with van der Waals surface area (Å²) in [5, 5.41) is 6.70. The van der Waals surface area contributed by atoms with E-state index in [1.807, 2.05) is 19.0 Å². The number of rotatable bonds is 23. The van der Waals surface area contributed by atoms with Gasteiger partial charge in [0.25, 0.3) is 0 Å². The highest BCUT2D eigenvalue weighted by atomic mass is 35.5. The molecule has 2 N–H and O–H groups in total. The molecule has 12 heteroatoms. The van der Waals surface area contributed by atoms with Crippen LogP contribution in [0.5, 0.6) is 5.75 Å². The van der Waals surface area contributed by atoms with Crippen LogP contribution in [0.15, 0.2) is 48.8 Å². The number of aromatic nitrogens is 2. The van der Waals surface area contributed by atoms with Crippen LogP contribution in [0.1, 0.15) is 51.4 Å². The van der Waals surface area contributed by atoms with Crippen molar-refractivity contribution in [3.05, 3.63) is 59.7 Å². The first-order valence-electron chi connectivity index (χ1n) is 15.7. The van der Waals surface area contributed by atoms with Crippen molar-refractivity contribution in [1.82, 2.24) is 14.9 Å². The van der Waals surface area contributed by atoms with Crippen LogP contribution in [0.3, 0.4) is 0 Å². The Labute approximate surface area is 275 Å². The molecule has 10 nitrogen and oxygen atoms in total. The summed E-state index contributed by atoms with van der Waals surface area (Å²) in [4.78, 5) is 33.8. The minimum Gasteiger partial charge on any atom is -0.491 e. The number of amides is 1. The van der Waals surface area contributed by atoms with Gasteiger partial charge in [0.15, 0.2) is 0 Å². The molecule has 1 heterocycles. The van der Waals surface area contributed by atoms with Crippen molar-refractivity contribution in [3.8, 4) is 5.75 Å². The zero-order valence-electron chi connectivity index (χ0n) is 26.7. The van der Waals surface area contributed by atoms with Crippen LogP contribution in [-0.4, -0.2) is 80.7 Å². The summed E-state index contributed by atoms with van der Waals surface area (Å²) in [6.45, 7) is 3.84. The van der Waals surface area contributed by atoms with Gasteiger partial charge in [0, 0.05) is 62.6 Å². The average Bonchev–Trinajstić information content (AvgIpc) is 3.03. The van der Waals surface area contributed by atoms with E-state index in [4.69, 9.17) is 25.8 Å². The van der Waals surface area contributed by atoms with Crippen LogP contribution in [0, 0.1) is 5.82 Å². The van der Waals surface area contributed by atoms with Crippen LogP contribution >= 0.6 is 11.6 Å². The Morgan fingerprint density at radius 1 is 0.935 bits per heavy atom. The zero-order valence-corrected chi connectivity index (χ0v) is 27.5. The quantitative estimate of drug-likeness (QED) is 0.0635. The Morgan fingerprint density at radius 2 is 1.63 bits per heavy atom. The number of halogens is 2.